The molecule has 6 nitrogen and oxygen atoms in total. The summed E-state index contributed by atoms with van der Waals surface area (Å²) in [4.78, 5) is 22.1. The van der Waals surface area contributed by atoms with Gasteiger partial charge in [0, 0.05) is 36.6 Å². The third-order valence-corrected chi connectivity index (χ3v) is 6.55. The van der Waals surface area contributed by atoms with Gasteiger partial charge >= 0.3 is 0 Å². The summed E-state index contributed by atoms with van der Waals surface area (Å²) in [5, 5.41) is 6.42. The quantitative estimate of drug-likeness (QED) is 0.537. The number of thiazole rings is 1. The minimum Gasteiger partial charge on any atom is -0.493 e. The Hall–Kier alpha value is -2.61. The summed E-state index contributed by atoms with van der Waals surface area (Å²) >= 11 is 7.75. The van der Waals surface area contributed by atoms with Gasteiger partial charge in [-0.2, -0.15) is 0 Å². The number of halogens is 1. The van der Waals surface area contributed by atoms with Crippen LogP contribution in [0.2, 0.25) is 5.02 Å². The van der Waals surface area contributed by atoms with Crippen LogP contribution in [0.25, 0.3) is 10.6 Å². The van der Waals surface area contributed by atoms with Crippen LogP contribution in [-0.4, -0.2) is 55.6 Å². The van der Waals surface area contributed by atoms with Crippen molar-refractivity contribution < 1.29 is 9.53 Å². The van der Waals surface area contributed by atoms with Crippen LogP contribution >= 0.6 is 22.9 Å². The van der Waals surface area contributed by atoms with Crippen molar-refractivity contribution in [2.24, 2.45) is 0 Å². The Morgan fingerprint density at radius 2 is 1.97 bits per heavy atom. The standard InChI is InChI=1S/C24H27ClN4O2S/c1-3-31-22-7-5-4-6-19(22)24-26-18(16-32-24)15-23(30)27-20-14-17(25)8-9-21(20)29-12-10-28(2)11-13-29/h4-9,14,16H,3,10-13,15H2,1-2H3,(H,27,30). The molecule has 8 heteroatoms. The number of para-hydroxylation sites is 1. The van der Waals surface area contributed by atoms with Gasteiger partial charge in [0.1, 0.15) is 10.8 Å². The van der Waals surface area contributed by atoms with Crippen molar-refractivity contribution in [3.8, 4) is 16.3 Å². The topological polar surface area (TPSA) is 57.7 Å². The number of piperazine rings is 1. The number of hydrogen-bond donors (Lipinski definition) is 1. The molecule has 2 heterocycles. The Labute approximate surface area is 197 Å². The van der Waals surface area contributed by atoms with E-state index in [0.29, 0.717) is 11.6 Å². The number of nitrogens with one attached hydrogen (secondary N) is 1. The number of carbonyl (C=O) groups excluding carboxylic acids is 1. The summed E-state index contributed by atoms with van der Waals surface area (Å²) in [6, 6.07) is 13.5. The van der Waals surface area contributed by atoms with Gasteiger partial charge < -0.3 is 19.9 Å². The summed E-state index contributed by atoms with van der Waals surface area (Å²) in [5.74, 6) is 0.689. The van der Waals surface area contributed by atoms with Crippen LogP contribution in [0.5, 0.6) is 5.75 Å². The van der Waals surface area contributed by atoms with E-state index in [4.69, 9.17) is 16.3 Å². The fourth-order valence-electron chi connectivity index (χ4n) is 3.73. The lowest BCUT2D eigenvalue weighted by atomic mass is 10.2. The van der Waals surface area contributed by atoms with Crippen molar-refractivity contribution in [2.75, 3.05) is 50.1 Å². The molecule has 0 bridgehead atoms. The minimum atomic E-state index is -0.113. The fraction of sp³-hybridized carbons (Fsp3) is 0.333. The van der Waals surface area contributed by atoms with Crippen LogP contribution in [0.15, 0.2) is 47.8 Å². The van der Waals surface area contributed by atoms with E-state index in [0.717, 1.165) is 59.6 Å². The number of amides is 1. The van der Waals surface area contributed by atoms with Gasteiger partial charge in [-0.15, -0.1) is 11.3 Å². The molecule has 168 valence electrons. The first-order chi connectivity index (χ1) is 15.5. The van der Waals surface area contributed by atoms with Gasteiger partial charge in [-0.1, -0.05) is 23.7 Å². The zero-order chi connectivity index (χ0) is 22.5. The molecule has 0 radical (unpaired) electrons. The van der Waals surface area contributed by atoms with Crippen LogP contribution in [-0.2, 0) is 11.2 Å². The molecule has 0 spiro atoms. The van der Waals surface area contributed by atoms with Crippen LogP contribution in [0.4, 0.5) is 11.4 Å². The lowest BCUT2D eigenvalue weighted by Gasteiger charge is -2.35. The van der Waals surface area contributed by atoms with Gasteiger partial charge in [0.2, 0.25) is 5.91 Å². The first-order valence-corrected chi connectivity index (χ1v) is 12.0. The number of anilines is 2. The van der Waals surface area contributed by atoms with E-state index in [1.807, 2.05) is 54.8 Å². The van der Waals surface area contributed by atoms with Gasteiger partial charge in [-0.05, 0) is 44.3 Å². The van der Waals surface area contributed by atoms with Gasteiger partial charge in [-0.3, -0.25) is 4.79 Å². The molecule has 1 aliphatic heterocycles. The molecule has 1 fully saturated rings. The predicted molar refractivity (Wildman–Crippen MR) is 132 cm³/mol. The van der Waals surface area contributed by atoms with Crippen molar-refractivity contribution >= 4 is 40.2 Å². The van der Waals surface area contributed by atoms with Gasteiger partial charge in [0.05, 0.1) is 35.7 Å². The van der Waals surface area contributed by atoms with Gasteiger partial charge in [0.25, 0.3) is 0 Å². The molecule has 0 unspecified atom stereocenters. The molecule has 0 atom stereocenters. The van der Waals surface area contributed by atoms with Crippen LogP contribution < -0.4 is 15.0 Å². The average Bonchev–Trinajstić information content (AvgIpc) is 3.23. The van der Waals surface area contributed by atoms with Crippen molar-refractivity contribution in [3.63, 3.8) is 0 Å². The molecular formula is C24H27ClN4O2S. The molecular weight excluding hydrogens is 444 g/mol. The summed E-state index contributed by atoms with van der Waals surface area (Å²) in [6.45, 7) is 6.35. The summed E-state index contributed by atoms with van der Waals surface area (Å²) < 4.78 is 5.72. The number of nitrogens with zero attached hydrogens (tertiary/aromatic N) is 3. The van der Waals surface area contributed by atoms with Crippen molar-refractivity contribution in [1.82, 2.24) is 9.88 Å². The van der Waals surface area contributed by atoms with Crippen molar-refractivity contribution in [3.05, 3.63) is 58.6 Å². The predicted octanol–water partition coefficient (Wildman–Crippen LogP) is 4.80. The van der Waals surface area contributed by atoms with Crippen molar-refractivity contribution in [2.45, 2.75) is 13.3 Å². The average molecular weight is 471 g/mol. The monoisotopic (exact) mass is 470 g/mol. The Morgan fingerprint density at radius 1 is 1.19 bits per heavy atom. The SMILES string of the molecule is CCOc1ccccc1-c1nc(CC(=O)Nc2cc(Cl)ccc2N2CCN(C)CC2)cs1. The zero-order valence-electron chi connectivity index (χ0n) is 18.3. The normalized spacial score (nSPS) is 14.4. The Kier molecular flexibility index (Phi) is 7.29. The number of ether oxygens (including phenoxy) is 1. The Bertz CT molecular complexity index is 1080. The first kappa shape index (κ1) is 22.6. The molecule has 2 aromatic carbocycles. The lowest BCUT2D eigenvalue weighted by molar-refractivity contribution is -0.115. The van der Waals surface area contributed by atoms with E-state index < -0.39 is 0 Å². The smallest absolute Gasteiger partial charge is 0.230 e. The highest BCUT2D eigenvalue weighted by Crippen LogP contribution is 2.33. The first-order valence-electron chi connectivity index (χ1n) is 10.7. The zero-order valence-corrected chi connectivity index (χ0v) is 19.9. The van der Waals surface area contributed by atoms with E-state index in [2.05, 4.69) is 27.1 Å². The van der Waals surface area contributed by atoms with Crippen LogP contribution in [0.3, 0.4) is 0 Å². The number of hydrogen-bond acceptors (Lipinski definition) is 6. The van der Waals surface area contributed by atoms with Crippen LogP contribution in [0.1, 0.15) is 12.6 Å². The van der Waals surface area contributed by atoms with E-state index in [-0.39, 0.29) is 12.3 Å². The second-order valence-corrected chi connectivity index (χ2v) is 9.04. The third-order valence-electron chi connectivity index (χ3n) is 5.39. The number of likely N-dealkylation sites (N-methyl/N-ethyl adjacent to an activating group) is 1. The molecule has 32 heavy (non-hydrogen) atoms. The number of rotatable bonds is 7. The second kappa shape index (κ2) is 10.3. The van der Waals surface area contributed by atoms with E-state index >= 15 is 0 Å². The molecule has 4 rings (SSSR count). The Balaban J connectivity index is 1.47. The largest absolute Gasteiger partial charge is 0.493 e. The van der Waals surface area contributed by atoms with Gasteiger partial charge in [-0.25, -0.2) is 4.98 Å². The maximum Gasteiger partial charge on any atom is 0.230 e. The lowest BCUT2D eigenvalue weighted by Crippen LogP contribution is -2.44. The van der Waals surface area contributed by atoms with Crippen LogP contribution in [0, 0.1) is 0 Å². The van der Waals surface area contributed by atoms with E-state index in [1.54, 1.807) is 0 Å². The molecule has 3 aromatic rings. The summed E-state index contributed by atoms with van der Waals surface area (Å²) in [5.41, 5.74) is 3.42. The second-order valence-electron chi connectivity index (χ2n) is 7.75. The van der Waals surface area contributed by atoms with Crippen molar-refractivity contribution in [1.29, 1.82) is 0 Å². The molecule has 1 aliphatic rings. The maximum absolute atomic E-state index is 12.9. The highest BCUT2D eigenvalue weighted by Gasteiger charge is 2.19. The maximum atomic E-state index is 12.9. The minimum absolute atomic E-state index is 0.113. The molecule has 1 N–H and O–H groups in total. The fourth-order valence-corrected chi connectivity index (χ4v) is 4.75. The highest BCUT2D eigenvalue weighted by molar-refractivity contribution is 7.13. The third kappa shape index (κ3) is 5.41. The summed E-state index contributed by atoms with van der Waals surface area (Å²) in [6.07, 6.45) is 0.196. The Morgan fingerprint density at radius 3 is 2.75 bits per heavy atom. The molecule has 0 saturated carbocycles. The van der Waals surface area contributed by atoms with E-state index in [9.17, 15) is 4.79 Å². The number of benzene rings is 2. The molecule has 0 aliphatic carbocycles. The molecule has 1 amide bonds. The number of aromatic nitrogens is 1. The summed E-state index contributed by atoms with van der Waals surface area (Å²) in [7, 11) is 2.12. The molecule has 1 saturated heterocycles. The molecule has 1 aromatic heterocycles. The van der Waals surface area contributed by atoms with E-state index in [1.165, 1.54) is 11.3 Å². The highest BCUT2D eigenvalue weighted by atomic mass is 35.5. The number of carbonyl (C=O) groups is 1. The van der Waals surface area contributed by atoms with Gasteiger partial charge in [0.15, 0.2) is 0 Å².